The first-order valence-corrected chi connectivity index (χ1v) is 6.02. The zero-order chi connectivity index (χ0) is 10.7. The Morgan fingerprint density at radius 2 is 2.20 bits per heavy atom. The summed E-state index contributed by atoms with van der Waals surface area (Å²) in [5, 5.41) is 10.1. The Balaban J connectivity index is 2.19. The maximum atomic E-state index is 10.1. The van der Waals surface area contributed by atoms with Crippen LogP contribution >= 0.6 is 0 Å². The second kappa shape index (κ2) is 4.79. The number of nitrogens with zero attached hydrogens (tertiary/aromatic N) is 2. The van der Waals surface area contributed by atoms with E-state index < -0.39 is 0 Å². The monoisotopic (exact) mass is 208 g/mol. The van der Waals surface area contributed by atoms with Crippen molar-refractivity contribution >= 4 is 0 Å². The third kappa shape index (κ3) is 2.23. The molecule has 1 aliphatic carbocycles. The molecule has 1 fully saturated rings. The molecule has 2 rings (SSSR count). The van der Waals surface area contributed by atoms with E-state index in [1.807, 2.05) is 12.4 Å². The van der Waals surface area contributed by atoms with E-state index in [-0.39, 0.29) is 12.1 Å². The Morgan fingerprint density at radius 1 is 1.40 bits per heavy atom. The zero-order valence-corrected chi connectivity index (χ0v) is 9.39. The zero-order valence-electron chi connectivity index (χ0n) is 9.39. The van der Waals surface area contributed by atoms with Crippen LogP contribution in [0.2, 0.25) is 0 Å². The lowest BCUT2D eigenvalue weighted by atomic mass is 10.1. The predicted octanol–water partition coefficient (Wildman–Crippen LogP) is 2.31. The molecule has 0 radical (unpaired) electrons. The third-order valence-corrected chi connectivity index (χ3v) is 3.37. The lowest BCUT2D eigenvalue weighted by Crippen LogP contribution is -2.24. The Bertz CT molecular complexity index is 308. The highest BCUT2D eigenvalue weighted by Gasteiger charge is 2.24. The van der Waals surface area contributed by atoms with E-state index in [2.05, 4.69) is 16.5 Å². The van der Waals surface area contributed by atoms with Crippen molar-refractivity contribution in [2.75, 3.05) is 0 Å². The Hall–Kier alpha value is -0.830. The summed E-state index contributed by atoms with van der Waals surface area (Å²) in [6.07, 6.45) is 10.3. The molecular formula is C12H20N2O. The summed E-state index contributed by atoms with van der Waals surface area (Å²) in [5.74, 6) is 1.10. The number of hydrogen-bond donors (Lipinski definition) is 1. The fourth-order valence-corrected chi connectivity index (χ4v) is 2.51. The Morgan fingerprint density at radius 3 is 3.00 bits per heavy atom. The minimum Gasteiger partial charge on any atom is -0.391 e. The number of imidazole rings is 1. The maximum absolute atomic E-state index is 10.1. The molecule has 0 bridgehead atoms. The molecule has 0 aromatic carbocycles. The summed E-state index contributed by atoms with van der Waals surface area (Å²) in [6, 6.07) is 0.255. The van der Waals surface area contributed by atoms with Gasteiger partial charge < -0.3 is 9.67 Å². The molecular weight excluding hydrogens is 188 g/mol. The molecule has 2 atom stereocenters. The summed E-state index contributed by atoms with van der Waals surface area (Å²) < 4.78 is 2.18. The van der Waals surface area contributed by atoms with Crippen LogP contribution in [0.3, 0.4) is 0 Å². The van der Waals surface area contributed by atoms with Crippen LogP contribution < -0.4 is 0 Å². The summed E-state index contributed by atoms with van der Waals surface area (Å²) in [4.78, 5) is 4.33. The first-order chi connectivity index (χ1) is 7.33. The van der Waals surface area contributed by atoms with Crippen LogP contribution in [0.4, 0.5) is 0 Å². The molecule has 1 N–H and O–H groups in total. The average Bonchev–Trinajstić information content (AvgIpc) is 2.61. The maximum Gasteiger partial charge on any atom is 0.108 e. The standard InChI is InChI=1S/C12H20N2O/c1-2-12-13-8-9-14(12)10-6-4-3-5-7-11(10)15/h8-11,15H,2-7H2,1H3. The Kier molecular flexibility index (Phi) is 3.41. The van der Waals surface area contributed by atoms with Crippen molar-refractivity contribution in [2.45, 2.75) is 57.6 Å². The van der Waals surface area contributed by atoms with E-state index in [1.165, 1.54) is 12.8 Å². The van der Waals surface area contributed by atoms with Gasteiger partial charge in [-0.25, -0.2) is 4.98 Å². The van der Waals surface area contributed by atoms with Gasteiger partial charge in [-0.3, -0.25) is 0 Å². The van der Waals surface area contributed by atoms with E-state index in [1.54, 1.807) is 0 Å². The molecule has 0 aliphatic heterocycles. The summed E-state index contributed by atoms with van der Waals surface area (Å²) in [6.45, 7) is 2.11. The normalized spacial score (nSPS) is 27.6. The molecule has 84 valence electrons. The number of aryl methyl sites for hydroxylation is 1. The van der Waals surface area contributed by atoms with Crippen LogP contribution in [0.1, 0.15) is 50.9 Å². The van der Waals surface area contributed by atoms with E-state index in [9.17, 15) is 5.11 Å². The van der Waals surface area contributed by atoms with Crippen molar-refractivity contribution in [1.82, 2.24) is 9.55 Å². The number of aliphatic hydroxyl groups is 1. The number of aromatic nitrogens is 2. The van der Waals surface area contributed by atoms with Crippen LogP contribution in [0.5, 0.6) is 0 Å². The molecule has 1 aromatic rings. The first-order valence-electron chi connectivity index (χ1n) is 6.02. The van der Waals surface area contributed by atoms with Crippen LogP contribution in [0.15, 0.2) is 12.4 Å². The number of aliphatic hydroxyl groups excluding tert-OH is 1. The van der Waals surface area contributed by atoms with Gasteiger partial charge in [-0.15, -0.1) is 0 Å². The lowest BCUT2D eigenvalue weighted by molar-refractivity contribution is 0.104. The van der Waals surface area contributed by atoms with E-state index in [0.29, 0.717) is 0 Å². The molecule has 0 amide bonds. The topological polar surface area (TPSA) is 38.0 Å². The average molecular weight is 208 g/mol. The highest BCUT2D eigenvalue weighted by Crippen LogP contribution is 2.28. The highest BCUT2D eigenvalue weighted by atomic mass is 16.3. The van der Waals surface area contributed by atoms with Crippen LogP contribution in [-0.2, 0) is 6.42 Å². The molecule has 1 saturated carbocycles. The summed E-state index contributed by atoms with van der Waals surface area (Å²) in [7, 11) is 0. The number of rotatable bonds is 2. The van der Waals surface area contributed by atoms with E-state index >= 15 is 0 Å². The molecule has 2 unspecified atom stereocenters. The van der Waals surface area contributed by atoms with Crippen molar-refractivity contribution in [3.8, 4) is 0 Å². The summed E-state index contributed by atoms with van der Waals surface area (Å²) in [5.41, 5.74) is 0. The predicted molar refractivity (Wildman–Crippen MR) is 59.7 cm³/mol. The van der Waals surface area contributed by atoms with Gasteiger partial charge in [0.15, 0.2) is 0 Å². The number of hydrogen-bond acceptors (Lipinski definition) is 2. The van der Waals surface area contributed by atoms with Crippen molar-refractivity contribution in [3.05, 3.63) is 18.2 Å². The van der Waals surface area contributed by atoms with Gasteiger partial charge in [0.1, 0.15) is 5.82 Å². The van der Waals surface area contributed by atoms with Gasteiger partial charge in [0.2, 0.25) is 0 Å². The van der Waals surface area contributed by atoms with Crippen LogP contribution in [0.25, 0.3) is 0 Å². The van der Waals surface area contributed by atoms with Crippen molar-refractivity contribution in [1.29, 1.82) is 0 Å². The largest absolute Gasteiger partial charge is 0.391 e. The Labute approximate surface area is 91.1 Å². The first kappa shape index (κ1) is 10.7. The molecule has 1 aliphatic rings. The molecule has 1 heterocycles. The lowest BCUT2D eigenvalue weighted by Gasteiger charge is -2.23. The molecule has 15 heavy (non-hydrogen) atoms. The molecule has 0 saturated heterocycles. The third-order valence-electron chi connectivity index (χ3n) is 3.37. The van der Waals surface area contributed by atoms with Crippen molar-refractivity contribution in [2.24, 2.45) is 0 Å². The second-order valence-corrected chi connectivity index (χ2v) is 4.38. The van der Waals surface area contributed by atoms with Crippen LogP contribution in [-0.4, -0.2) is 20.8 Å². The van der Waals surface area contributed by atoms with Crippen LogP contribution in [0, 0.1) is 0 Å². The van der Waals surface area contributed by atoms with Gasteiger partial charge in [0.05, 0.1) is 12.1 Å². The molecule has 3 nitrogen and oxygen atoms in total. The minimum absolute atomic E-state index is 0.188. The van der Waals surface area contributed by atoms with Gasteiger partial charge in [0.25, 0.3) is 0 Å². The smallest absolute Gasteiger partial charge is 0.108 e. The van der Waals surface area contributed by atoms with Gasteiger partial charge >= 0.3 is 0 Å². The van der Waals surface area contributed by atoms with Crippen molar-refractivity contribution < 1.29 is 5.11 Å². The second-order valence-electron chi connectivity index (χ2n) is 4.38. The van der Waals surface area contributed by atoms with Gasteiger partial charge in [0, 0.05) is 18.8 Å². The fourth-order valence-electron chi connectivity index (χ4n) is 2.51. The summed E-state index contributed by atoms with van der Waals surface area (Å²) >= 11 is 0. The highest BCUT2D eigenvalue weighted by molar-refractivity contribution is 4.97. The molecule has 3 heteroatoms. The van der Waals surface area contributed by atoms with Gasteiger partial charge in [-0.2, -0.15) is 0 Å². The fraction of sp³-hybridized carbons (Fsp3) is 0.750. The van der Waals surface area contributed by atoms with Gasteiger partial charge in [-0.05, 0) is 12.8 Å². The molecule has 0 spiro atoms. The SMILES string of the molecule is CCc1nccn1C1CCCCCC1O. The van der Waals surface area contributed by atoms with E-state index in [4.69, 9.17) is 0 Å². The van der Waals surface area contributed by atoms with Crippen molar-refractivity contribution in [3.63, 3.8) is 0 Å². The minimum atomic E-state index is -0.188. The quantitative estimate of drug-likeness (QED) is 0.757. The van der Waals surface area contributed by atoms with E-state index in [0.717, 1.165) is 31.5 Å². The van der Waals surface area contributed by atoms with Gasteiger partial charge in [-0.1, -0.05) is 26.2 Å². The molecule has 1 aromatic heterocycles.